The lowest BCUT2D eigenvalue weighted by Gasteiger charge is -2.09. The molecular formula is C12H9FN4O2S. The number of pyridine rings is 1. The first-order chi connectivity index (χ1) is 9.44. The van der Waals surface area contributed by atoms with Crippen LogP contribution in [0.25, 0.3) is 0 Å². The largest absolute Gasteiger partial charge is 0.396 e. The zero-order valence-corrected chi connectivity index (χ0v) is 10.9. The minimum Gasteiger partial charge on any atom is -0.396 e. The van der Waals surface area contributed by atoms with Gasteiger partial charge < -0.3 is 5.73 Å². The topological polar surface area (TPSA) is 109 Å². The van der Waals surface area contributed by atoms with Crippen molar-refractivity contribution in [1.82, 2.24) is 4.98 Å². The van der Waals surface area contributed by atoms with E-state index in [0.29, 0.717) is 0 Å². The number of nitrogens with zero attached hydrogens (tertiary/aromatic N) is 2. The van der Waals surface area contributed by atoms with Crippen LogP contribution in [0.3, 0.4) is 0 Å². The average Bonchev–Trinajstić information content (AvgIpc) is 2.42. The highest BCUT2D eigenvalue weighted by Crippen LogP contribution is 2.20. The summed E-state index contributed by atoms with van der Waals surface area (Å²) in [6, 6.07) is 7.82. The summed E-state index contributed by atoms with van der Waals surface area (Å²) in [6.07, 6.45) is 1.31. The molecule has 2 aromatic rings. The molecule has 3 N–H and O–H groups in total. The van der Waals surface area contributed by atoms with E-state index >= 15 is 0 Å². The molecule has 0 aliphatic rings. The van der Waals surface area contributed by atoms with Crippen molar-refractivity contribution in [2.24, 2.45) is 0 Å². The number of sulfonamides is 1. The molecule has 0 atom stereocenters. The Morgan fingerprint density at radius 1 is 1.35 bits per heavy atom. The van der Waals surface area contributed by atoms with E-state index in [1.165, 1.54) is 30.5 Å². The normalized spacial score (nSPS) is 10.8. The summed E-state index contributed by atoms with van der Waals surface area (Å²) in [5.74, 6) is -0.739. The molecule has 0 saturated heterocycles. The number of aromatic nitrogens is 1. The SMILES string of the molecule is N#Cc1ncccc1S(=O)(=O)Nc1ccc(N)c(F)c1. The van der Waals surface area contributed by atoms with Crippen LogP contribution >= 0.6 is 0 Å². The Kier molecular flexibility index (Phi) is 3.54. The molecule has 0 spiro atoms. The molecule has 0 amide bonds. The number of benzene rings is 1. The molecule has 8 heteroatoms. The van der Waals surface area contributed by atoms with Crippen LogP contribution in [-0.2, 0) is 10.0 Å². The Hall–Kier alpha value is -2.66. The smallest absolute Gasteiger partial charge is 0.264 e. The van der Waals surface area contributed by atoms with Gasteiger partial charge in [-0.25, -0.2) is 17.8 Å². The van der Waals surface area contributed by atoms with E-state index < -0.39 is 15.8 Å². The second-order valence-electron chi connectivity index (χ2n) is 3.80. The van der Waals surface area contributed by atoms with Gasteiger partial charge in [-0.15, -0.1) is 0 Å². The van der Waals surface area contributed by atoms with Crippen molar-refractivity contribution >= 4 is 21.4 Å². The zero-order chi connectivity index (χ0) is 14.8. The molecule has 0 aliphatic carbocycles. The van der Waals surface area contributed by atoms with Gasteiger partial charge in [0, 0.05) is 12.3 Å². The van der Waals surface area contributed by atoms with Crippen molar-refractivity contribution in [3.05, 3.63) is 48.0 Å². The van der Waals surface area contributed by atoms with Crippen molar-refractivity contribution in [3.63, 3.8) is 0 Å². The van der Waals surface area contributed by atoms with Crippen LogP contribution in [-0.4, -0.2) is 13.4 Å². The summed E-state index contributed by atoms with van der Waals surface area (Å²) < 4.78 is 39.7. The number of hydrogen-bond donors (Lipinski definition) is 2. The van der Waals surface area contributed by atoms with E-state index in [-0.39, 0.29) is 22.0 Å². The van der Waals surface area contributed by atoms with E-state index in [1.807, 2.05) is 0 Å². The lowest BCUT2D eigenvalue weighted by Crippen LogP contribution is -2.15. The number of nitrogens with two attached hydrogens (primary N) is 1. The third-order valence-electron chi connectivity index (χ3n) is 2.42. The standard InChI is InChI=1S/C12H9FN4O2S/c13-9-6-8(3-4-10(9)15)17-20(18,19)12-2-1-5-16-11(12)7-14/h1-6,17H,15H2. The summed E-state index contributed by atoms with van der Waals surface area (Å²) in [5, 5.41) is 8.85. The fraction of sp³-hybridized carbons (Fsp3) is 0. The number of halogens is 1. The number of anilines is 2. The van der Waals surface area contributed by atoms with Gasteiger partial charge >= 0.3 is 0 Å². The molecule has 0 saturated carbocycles. The van der Waals surface area contributed by atoms with E-state index in [4.69, 9.17) is 11.0 Å². The first-order valence-electron chi connectivity index (χ1n) is 5.37. The Bertz CT molecular complexity index is 799. The molecule has 0 aliphatic heterocycles. The zero-order valence-electron chi connectivity index (χ0n) is 10.0. The summed E-state index contributed by atoms with van der Waals surface area (Å²) >= 11 is 0. The summed E-state index contributed by atoms with van der Waals surface area (Å²) in [6.45, 7) is 0. The van der Waals surface area contributed by atoms with Gasteiger partial charge in [0.1, 0.15) is 16.8 Å². The Morgan fingerprint density at radius 3 is 2.75 bits per heavy atom. The maximum absolute atomic E-state index is 13.3. The average molecular weight is 292 g/mol. The molecule has 1 heterocycles. The van der Waals surface area contributed by atoms with Gasteiger partial charge in [0.05, 0.1) is 11.4 Å². The highest BCUT2D eigenvalue weighted by molar-refractivity contribution is 7.92. The van der Waals surface area contributed by atoms with E-state index in [9.17, 15) is 12.8 Å². The number of nitrogen functional groups attached to an aromatic ring is 1. The number of nitrogens with one attached hydrogen (secondary N) is 1. The molecule has 2 rings (SSSR count). The van der Waals surface area contributed by atoms with Gasteiger partial charge in [0.15, 0.2) is 5.69 Å². The molecular weight excluding hydrogens is 283 g/mol. The van der Waals surface area contributed by atoms with Crippen molar-refractivity contribution in [2.75, 3.05) is 10.5 Å². The van der Waals surface area contributed by atoms with Crippen molar-refractivity contribution in [1.29, 1.82) is 5.26 Å². The fourth-order valence-corrected chi connectivity index (χ4v) is 2.65. The summed E-state index contributed by atoms with van der Waals surface area (Å²) in [7, 11) is -4.03. The Balaban J connectivity index is 2.41. The van der Waals surface area contributed by atoms with Crippen LogP contribution in [0.15, 0.2) is 41.4 Å². The third kappa shape index (κ3) is 2.67. The number of rotatable bonds is 3. The Labute approximate surface area is 114 Å². The van der Waals surface area contributed by atoms with E-state index in [2.05, 4.69) is 9.71 Å². The lowest BCUT2D eigenvalue weighted by atomic mass is 10.3. The van der Waals surface area contributed by atoms with Crippen LogP contribution in [0.2, 0.25) is 0 Å². The van der Waals surface area contributed by atoms with Gasteiger partial charge in [-0.2, -0.15) is 5.26 Å². The minimum atomic E-state index is -4.03. The monoisotopic (exact) mass is 292 g/mol. The second-order valence-corrected chi connectivity index (χ2v) is 5.45. The third-order valence-corrected chi connectivity index (χ3v) is 3.83. The maximum Gasteiger partial charge on any atom is 0.264 e. The van der Waals surface area contributed by atoms with Crippen LogP contribution in [0, 0.1) is 17.1 Å². The minimum absolute atomic E-state index is 0.00411. The second kappa shape index (κ2) is 5.14. The van der Waals surface area contributed by atoms with Gasteiger partial charge in [0.25, 0.3) is 10.0 Å². The van der Waals surface area contributed by atoms with Crippen LogP contribution in [0.1, 0.15) is 5.69 Å². The molecule has 102 valence electrons. The molecule has 0 unspecified atom stereocenters. The summed E-state index contributed by atoms with van der Waals surface area (Å²) in [5.41, 5.74) is 4.98. The summed E-state index contributed by atoms with van der Waals surface area (Å²) in [4.78, 5) is 3.38. The molecule has 0 bridgehead atoms. The fourth-order valence-electron chi connectivity index (χ4n) is 1.49. The maximum atomic E-state index is 13.3. The number of hydrogen-bond acceptors (Lipinski definition) is 5. The van der Waals surface area contributed by atoms with Gasteiger partial charge in [-0.05, 0) is 24.3 Å². The van der Waals surface area contributed by atoms with Crippen LogP contribution in [0.4, 0.5) is 15.8 Å². The first-order valence-corrected chi connectivity index (χ1v) is 6.85. The number of nitriles is 1. The molecule has 1 aromatic heterocycles. The highest BCUT2D eigenvalue weighted by Gasteiger charge is 2.19. The van der Waals surface area contributed by atoms with Gasteiger partial charge in [-0.3, -0.25) is 4.72 Å². The molecule has 0 fully saturated rings. The van der Waals surface area contributed by atoms with Crippen molar-refractivity contribution in [3.8, 4) is 6.07 Å². The molecule has 20 heavy (non-hydrogen) atoms. The molecule has 0 radical (unpaired) electrons. The Morgan fingerprint density at radius 2 is 2.10 bits per heavy atom. The van der Waals surface area contributed by atoms with Crippen LogP contribution < -0.4 is 10.5 Å². The highest BCUT2D eigenvalue weighted by atomic mass is 32.2. The van der Waals surface area contributed by atoms with Crippen molar-refractivity contribution < 1.29 is 12.8 Å². The van der Waals surface area contributed by atoms with E-state index in [1.54, 1.807) is 6.07 Å². The predicted molar refractivity (Wildman–Crippen MR) is 70.6 cm³/mol. The van der Waals surface area contributed by atoms with Gasteiger partial charge in [0.2, 0.25) is 0 Å². The molecule has 6 nitrogen and oxygen atoms in total. The van der Waals surface area contributed by atoms with Crippen LogP contribution in [0.5, 0.6) is 0 Å². The predicted octanol–water partition coefficient (Wildman–Crippen LogP) is 1.48. The van der Waals surface area contributed by atoms with Gasteiger partial charge in [-0.1, -0.05) is 0 Å². The quantitative estimate of drug-likeness (QED) is 0.833. The molecule has 1 aromatic carbocycles. The van der Waals surface area contributed by atoms with E-state index in [0.717, 1.165) is 6.07 Å². The lowest BCUT2D eigenvalue weighted by molar-refractivity contribution is 0.600. The first kappa shape index (κ1) is 13.8. The van der Waals surface area contributed by atoms with Crippen molar-refractivity contribution in [2.45, 2.75) is 4.90 Å².